The number of allylic oxidation sites excluding steroid dienone is 4. The van der Waals surface area contributed by atoms with Gasteiger partial charge in [0, 0.05) is 15.4 Å². The summed E-state index contributed by atoms with van der Waals surface area (Å²) in [5.41, 5.74) is 2.06. The van der Waals surface area contributed by atoms with Gasteiger partial charge in [-0.05, 0) is 43.2 Å². The van der Waals surface area contributed by atoms with E-state index >= 15 is 0 Å². The Hall–Kier alpha value is -2.34. The van der Waals surface area contributed by atoms with E-state index in [0.717, 1.165) is 39.6 Å². The van der Waals surface area contributed by atoms with Gasteiger partial charge in [-0.3, -0.25) is 4.68 Å². The monoisotopic (exact) mass is 446 g/mol. The first-order chi connectivity index (χ1) is 13.4. The lowest BCUT2D eigenvalue weighted by Crippen LogP contribution is -2.12. The van der Waals surface area contributed by atoms with Crippen molar-refractivity contribution in [1.82, 2.24) is 9.78 Å². The van der Waals surface area contributed by atoms with E-state index in [-0.39, 0.29) is 5.56 Å². The molecule has 0 radical (unpaired) electrons. The van der Waals surface area contributed by atoms with Crippen LogP contribution in [0.3, 0.4) is 0 Å². The number of rotatable bonds is 10. The summed E-state index contributed by atoms with van der Waals surface area (Å²) in [5.74, 6) is 0.374. The number of carboxylic acid groups (broad SMARTS) is 1. The first kappa shape index (κ1) is 22.0. The minimum atomic E-state index is -0.947. The lowest BCUT2D eigenvalue weighted by atomic mass is 10.1. The van der Waals surface area contributed by atoms with Crippen LogP contribution in [0.5, 0.6) is 0 Å². The van der Waals surface area contributed by atoms with Crippen LogP contribution in [0.15, 0.2) is 58.9 Å². The van der Waals surface area contributed by atoms with Crippen LogP contribution in [0.2, 0.25) is 0 Å². The number of benzene rings is 1. The van der Waals surface area contributed by atoms with E-state index in [9.17, 15) is 4.79 Å². The van der Waals surface area contributed by atoms with Crippen molar-refractivity contribution in [2.75, 3.05) is 6.61 Å². The average Bonchev–Trinajstić information content (AvgIpc) is 3.06. The number of halogens is 1. The molecule has 0 fully saturated rings. The quantitative estimate of drug-likeness (QED) is 0.362. The summed E-state index contributed by atoms with van der Waals surface area (Å²) >= 11 is 3.41. The van der Waals surface area contributed by atoms with Crippen molar-refractivity contribution in [3.8, 4) is 0 Å². The molecule has 0 aliphatic heterocycles. The lowest BCUT2D eigenvalue weighted by Gasteiger charge is -2.18. The number of carbonyl (C=O) groups is 1. The summed E-state index contributed by atoms with van der Waals surface area (Å²) in [5, 5.41) is 14.4. The normalized spacial score (nSPS) is 12.6. The number of aromatic nitrogens is 2. The molecule has 1 aromatic heterocycles. The highest BCUT2D eigenvalue weighted by molar-refractivity contribution is 9.11. The molecule has 0 amide bonds. The van der Waals surface area contributed by atoms with Gasteiger partial charge in [0.25, 0.3) is 0 Å². The molecule has 0 saturated heterocycles. The number of hydrogen-bond donors (Lipinski definition) is 1. The van der Waals surface area contributed by atoms with Crippen molar-refractivity contribution < 1.29 is 14.6 Å². The highest BCUT2D eigenvalue weighted by Crippen LogP contribution is 2.23. The molecule has 0 atom stereocenters. The van der Waals surface area contributed by atoms with Crippen LogP contribution in [-0.4, -0.2) is 27.5 Å². The largest absolute Gasteiger partial charge is 0.493 e. The fourth-order valence-electron chi connectivity index (χ4n) is 2.98. The molecule has 0 saturated carbocycles. The lowest BCUT2D eigenvalue weighted by molar-refractivity contribution is 0.0697. The van der Waals surface area contributed by atoms with Crippen molar-refractivity contribution in [2.45, 2.75) is 40.2 Å². The molecule has 2 aromatic rings. The Labute approximate surface area is 174 Å². The molecular weight excluding hydrogens is 420 g/mol. The maximum Gasteiger partial charge on any atom is 0.335 e. The molecule has 0 unspecified atom stereocenters. The third-order valence-electron chi connectivity index (χ3n) is 4.75. The van der Waals surface area contributed by atoms with Gasteiger partial charge >= 0.3 is 5.97 Å². The van der Waals surface area contributed by atoms with Crippen LogP contribution in [0.1, 0.15) is 44.0 Å². The zero-order valence-corrected chi connectivity index (χ0v) is 18.2. The van der Waals surface area contributed by atoms with E-state index in [0.29, 0.717) is 19.1 Å². The first-order valence-corrected chi connectivity index (χ1v) is 10.2. The van der Waals surface area contributed by atoms with Gasteiger partial charge in [0.15, 0.2) is 0 Å². The van der Waals surface area contributed by atoms with Gasteiger partial charge in [-0.15, -0.1) is 0 Å². The summed E-state index contributed by atoms with van der Waals surface area (Å²) in [7, 11) is 0. The molecule has 6 heteroatoms. The van der Waals surface area contributed by atoms with Crippen LogP contribution in [0.25, 0.3) is 10.9 Å². The van der Waals surface area contributed by atoms with Gasteiger partial charge in [-0.2, -0.15) is 5.10 Å². The number of fused-ring (bicyclic) bond motifs is 1. The molecule has 28 heavy (non-hydrogen) atoms. The van der Waals surface area contributed by atoms with Crippen molar-refractivity contribution in [2.24, 2.45) is 5.92 Å². The molecule has 0 aliphatic rings. The number of aromatic carboxylic acids is 1. The zero-order chi connectivity index (χ0) is 20.7. The van der Waals surface area contributed by atoms with E-state index in [2.05, 4.69) is 41.5 Å². The predicted octanol–water partition coefficient (Wildman–Crippen LogP) is 5.93. The fraction of sp³-hybridized carbons (Fsp3) is 0.364. The van der Waals surface area contributed by atoms with Crippen LogP contribution in [-0.2, 0) is 11.3 Å². The van der Waals surface area contributed by atoms with Gasteiger partial charge in [0.2, 0.25) is 0 Å². The van der Waals surface area contributed by atoms with E-state index in [1.165, 1.54) is 0 Å². The second kappa shape index (κ2) is 10.3. The molecule has 0 spiro atoms. The Balaban J connectivity index is 2.30. The number of carboxylic acids is 1. The minimum Gasteiger partial charge on any atom is -0.493 e. The molecule has 1 N–H and O–H groups in total. The smallest absolute Gasteiger partial charge is 0.335 e. The molecule has 2 rings (SSSR count). The van der Waals surface area contributed by atoms with E-state index in [1.54, 1.807) is 24.4 Å². The highest BCUT2D eigenvalue weighted by Gasteiger charge is 2.14. The molecule has 0 bridgehead atoms. The third kappa shape index (κ3) is 5.58. The Bertz CT molecular complexity index is 908. The van der Waals surface area contributed by atoms with Crippen LogP contribution >= 0.6 is 15.9 Å². The average molecular weight is 447 g/mol. The Morgan fingerprint density at radius 3 is 2.68 bits per heavy atom. The third-order valence-corrected chi connectivity index (χ3v) is 4.98. The second-order valence-electron chi connectivity index (χ2n) is 6.64. The molecule has 150 valence electrons. The molecule has 1 aromatic carbocycles. The highest BCUT2D eigenvalue weighted by atomic mass is 79.9. The van der Waals surface area contributed by atoms with Crippen LogP contribution < -0.4 is 0 Å². The maximum atomic E-state index is 11.2. The number of hydrogen-bond acceptors (Lipinski definition) is 3. The van der Waals surface area contributed by atoms with Crippen molar-refractivity contribution >= 4 is 32.8 Å². The van der Waals surface area contributed by atoms with Gasteiger partial charge in [-0.25, -0.2) is 4.79 Å². The maximum absolute atomic E-state index is 11.2. The van der Waals surface area contributed by atoms with Gasteiger partial charge in [0.1, 0.15) is 5.76 Å². The van der Waals surface area contributed by atoms with Crippen molar-refractivity contribution in [3.05, 3.63) is 64.5 Å². The fourth-order valence-corrected chi connectivity index (χ4v) is 3.26. The van der Waals surface area contributed by atoms with Crippen molar-refractivity contribution in [3.63, 3.8) is 0 Å². The minimum absolute atomic E-state index is 0.249. The molecule has 5 nitrogen and oxygen atoms in total. The summed E-state index contributed by atoms with van der Waals surface area (Å²) in [4.78, 5) is 11.2. The number of nitrogens with zero attached hydrogens (tertiary/aromatic N) is 2. The molecular formula is C22H27BrN2O3. The molecule has 1 heterocycles. The summed E-state index contributed by atoms with van der Waals surface area (Å²) in [6.07, 6.45) is 7.73. The van der Waals surface area contributed by atoms with E-state index in [1.807, 2.05) is 23.8 Å². The van der Waals surface area contributed by atoms with Gasteiger partial charge in [-0.1, -0.05) is 49.2 Å². The zero-order valence-electron chi connectivity index (χ0n) is 16.6. The SMILES string of the molecule is C=C(Br)/C=C(Cn1ncc2cc(C(=O)O)ccc21)\C(=C/C)OCC(CC)CC. The second-order valence-corrected chi connectivity index (χ2v) is 7.66. The summed E-state index contributed by atoms with van der Waals surface area (Å²) in [6.45, 7) is 11.4. The Morgan fingerprint density at radius 2 is 2.11 bits per heavy atom. The molecule has 0 aliphatic carbocycles. The Kier molecular flexibility index (Phi) is 8.05. The van der Waals surface area contributed by atoms with Gasteiger partial charge < -0.3 is 9.84 Å². The standard InChI is InChI=1S/C22H27BrN2O3/c1-5-16(6-2)14-28-21(7-3)19(10-15(4)23)13-25-20-9-8-17(22(26)27)11-18(20)12-24-25/h7-12,16H,4-6,13-14H2,1-3H3,(H,26,27)/b19-10-,21-7+. The van der Waals surface area contributed by atoms with Crippen molar-refractivity contribution in [1.29, 1.82) is 0 Å². The predicted molar refractivity (Wildman–Crippen MR) is 117 cm³/mol. The van der Waals surface area contributed by atoms with Crippen LogP contribution in [0.4, 0.5) is 0 Å². The first-order valence-electron chi connectivity index (χ1n) is 9.42. The van der Waals surface area contributed by atoms with E-state index in [4.69, 9.17) is 9.84 Å². The topological polar surface area (TPSA) is 64.4 Å². The number of ether oxygens (including phenoxy) is 1. The van der Waals surface area contributed by atoms with Crippen LogP contribution in [0, 0.1) is 5.92 Å². The summed E-state index contributed by atoms with van der Waals surface area (Å²) < 4.78 is 8.71. The summed E-state index contributed by atoms with van der Waals surface area (Å²) in [6, 6.07) is 5.01. The Morgan fingerprint density at radius 1 is 1.39 bits per heavy atom. The van der Waals surface area contributed by atoms with Gasteiger partial charge in [0.05, 0.1) is 30.4 Å². The van der Waals surface area contributed by atoms with E-state index < -0.39 is 5.97 Å².